The fourth-order valence-corrected chi connectivity index (χ4v) is 1.78. The van der Waals surface area contributed by atoms with E-state index in [0.717, 1.165) is 18.2 Å². The normalized spacial score (nSPS) is 22.9. The van der Waals surface area contributed by atoms with Crippen LogP contribution in [0, 0.1) is 18.8 Å². The van der Waals surface area contributed by atoms with Gasteiger partial charge in [-0.15, -0.1) is 0 Å². The van der Waals surface area contributed by atoms with Crippen LogP contribution >= 0.6 is 0 Å². The molecule has 86 valence electrons. The van der Waals surface area contributed by atoms with Crippen LogP contribution in [0.1, 0.15) is 29.4 Å². The van der Waals surface area contributed by atoms with Gasteiger partial charge in [-0.1, -0.05) is 6.92 Å². The molecule has 1 heterocycles. The van der Waals surface area contributed by atoms with Crippen molar-refractivity contribution < 1.29 is 9.90 Å². The van der Waals surface area contributed by atoms with Gasteiger partial charge in [-0.25, -0.2) is 9.78 Å². The number of carboxylic acids is 1. The van der Waals surface area contributed by atoms with Gasteiger partial charge in [0.2, 0.25) is 0 Å². The molecule has 2 rings (SSSR count). The molecule has 16 heavy (non-hydrogen) atoms. The molecule has 1 aliphatic carbocycles. The van der Waals surface area contributed by atoms with Crippen LogP contribution in [0.15, 0.2) is 12.1 Å². The summed E-state index contributed by atoms with van der Waals surface area (Å²) in [4.78, 5) is 15.2. The predicted octanol–water partition coefficient (Wildman–Crippen LogP) is 2.16. The second-order valence-corrected chi connectivity index (χ2v) is 4.51. The zero-order valence-electron chi connectivity index (χ0n) is 9.53. The maximum atomic E-state index is 11.0. The first-order valence-corrected chi connectivity index (χ1v) is 5.52. The van der Waals surface area contributed by atoms with Crippen LogP contribution in [0.2, 0.25) is 0 Å². The highest BCUT2D eigenvalue weighted by molar-refractivity contribution is 5.93. The van der Waals surface area contributed by atoms with Crippen LogP contribution in [0.3, 0.4) is 0 Å². The SMILES string of the molecule is Cc1ccc(C(=O)O)c(NCC2CC2C)n1. The summed E-state index contributed by atoms with van der Waals surface area (Å²) in [6.07, 6.45) is 1.22. The van der Waals surface area contributed by atoms with E-state index in [0.29, 0.717) is 11.7 Å². The van der Waals surface area contributed by atoms with E-state index in [-0.39, 0.29) is 5.56 Å². The number of aryl methyl sites for hydroxylation is 1. The van der Waals surface area contributed by atoms with E-state index in [1.807, 2.05) is 6.92 Å². The van der Waals surface area contributed by atoms with Gasteiger partial charge in [0.1, 0.15) is 11.4 Å². The largest absolute Gasteiger partial charge is 0.478 e. The summed E-state index contributed by atoms with van der Waals surface area (Å²) in [5, 5.41) is 12.1. The molecule has 2 atom stereocenters. The molecule has 0 amide bonds. The third-order valence-corrected chi connectivity index (χ3v) is 3.07. The number of hydrogen-bond donors (Lipinski definition) is 2. The average Bonchev–Trinajstić information content (AvgIpc) is 2.91. The molecule has 1 fully saturated rings. The average molecular weight is 220 g/mol. The fourth-order valence-electron chi connectivity index (χ4n) is 1.78. The predicted molar refractivity (Wildman–Crippen MR) is 61.7 cm³/mol. The Morgan fingerprint density at radius 3 is 2.88 bits per heavy atom. The lowest BCUT2D eigenvalue weighted by atomic mass is 10.2. The first-order valence-electron chi connectivity index (χ1n) is 5.52. The number of carboxylic acid groups (broad SMARTS) is 1. The van der Waals surface area contributed by atoms with Gasteiger partial charge < -0.3 is 10.4 Å². The zero-order valence-corrected chi connectivity index (χ0v) is 9.53. The third-order valence-electron chi connectivity index (χ3n) is 3.07. The summed E-state index contributed by atoms with van der Waals surface area (Å²) < 4.78 is 0. The first-order chi connectivity index (χ1) is 7.58. The minimum Gasteiger partial charge on any atom is -0.478 e. The number of anilines is 1. The molecule has 1 aromatic heterocycles. The van der Waals surface area contributed by atoms with Crippen molar-refractivity contribution >= 4 is 11.8 Å². The van der Waals surface area contributed by atoms with Gasteiger partial charge in [-0.3, -0.25) is 0 Å². The molecule has 0 saturated heterocycles. The first kappa shape index (κ1) is 10.9. The van der Waals surface area contributed by atoms with Crippen molar-refractivity contribution in [1.82, 2.24) is 4.98 Å². The molecular weight excluding hydrogens is 204 g/mol. The van der Waals surface area contributed by atoms with Gasteiger partial charge in [0, 0.05) is 12.2 Å². The molecule has 0 radical (unpaired) electrons. The summed E-state index contributed by atoms with van der Waals surface area (Å²) in [6.45, 7) is 4.88. The lowest BCUT2D eigenvalue weighted by Crippen LogP contribution is -2.11. The number of hydrogen-bond acceptors (Lipinski definition) is 3. The fraction of sp³-hybridized carbons (Fsp3) is 0.500. The maximum Gasteiger partial charge on any atom is 0.339 e. The minimum absolute atomic E-state index is 0.249. The van der Waals surface area contributed by atoms with Gasteiger partial charge >= 0.3 is 5.97 Å². The maximum absolute atomic E-state index is 11.0. The van der Waals surface area contributed by atoms with Crippen molar-refractivity contribution in [2.45, 2.75) is 20.3 Å². The van der Waals surface area contributed by atoms with Crippen LogP contribution in [-0.4, -0.2) is 22.6 Å². The summed E-state index contributed by atoms with van der Waals surface area (Å²) in [5.74, 6) is 0.986. The number of rotatable bonds is 4. The van der Waals surface area contributed by atoms with Crippen molar-refractivity contribution in [1.29, 1.82) is 0 Å². The second-order valence-electron chi connectivity index (χ2n) is 4.51. The van der Waals surface area contributed by atoms with Crippen LogP contribution in [0.4, 0.5) is 5.82 Å². The highest BCUT2D eigenvalue weighted by atomic mass is 16.4. The molecule has 0 spiro atoms. The highest BCUT2D eigenvalue weighted by Gasteiger charge is 2.32. The van der Waals surface area contributed by atoms with Crippen molar-refractivity contribution in [3.8, 4) is 0 Å². The summed E-state index contributed by atoms with van der Waals surface area (Å²) in [6, 6.07) is 3.32. The quantitative estimate of drug-likeness (QED) is 0.816. The van der Waals surface area contributed by atoms with Crippen molar-refractivity contribution in [3.63, 3.8) is 0 Å². The summed E-state index contributed by atoms with van der Waals surface area (Å²) >= 11 is 0. The van der Waals surface area contributed by atoms with E-state index in [1.54, 1.807) is 12.1 Å². The van der Waals surface area contributed by atoms with Crippen molar-refractivity contribution in [2.24, 2.45) is 11.8 Å². The van der Waals surface area contributed by atoms with E-state index < -0.39 is 5.97 Å². The third kappa shape index (κ3) is 2.32. The van der Waals surface area contributed by atoms with Gasteiger partial charge in [0.15, 0.2) is 0 Å². The molecule has 1 saturated carbocycles. The topological polar surface area (TPSA) is 62.2 Å². The molecule has 1 aliphatic rings. The van der Waals surface area contributed by atoms with E-state index in [1.165, 1.54) is 6.42 Å². The number of aromatic carboxylic acids is 1. The Morgan fingerprint density at radius 2 is 2.31 bits per heavy atom. The molecule has 1 aromatic rings. The Balaban J connectivity index is 2.10. The van der Waals surface area contributed by atoms with Crippen LogP contribution in [0.25, 0.3) is 0 Å². The van der Waals surface area contributed by atoms with Crippen LogP contribution in [0.5, 0.6) is 0 Å². The summed E-state index contributed by atoms with van der Waals surface area (Å²) in [5.41, 5.74) is 1.08. The molecule has 0 bridgehead atoms. The van der Waals surface area contributed by atoms with E-state index in [2.05, 4.69) is 17.2 Å². The van der Waals surface area contributed by atoms with E-state index >= 15 is 0 Å². The lowest BCUT2D eigenvalue weighted by Gasteiger charge is -2.08. The van der Waals surface area contributed by atoms with E-state index in [4.69, 9.17) is 5.11 Å². The number of carbonyl (C=O) groups is 1. The Bertz CT molecular complexity index is 417. The van der Waals surface area contributed by atoms with Crippen molar-refractivity contribution in [3.05, 3.63) is 23.4 Å². The Labute approximate surface area is 94.7 Å². The van der Waals surface area contributed by atoms with Gasteiger partial charge in [-0.2, -0.15) is 0 Å². The molecule has 4 heteroatoms. The number of pyridine rings is 1. The molecule has 2 unspecified atom stereocenters. The number of aromatic nitrogens is 1. The standard InChI is InChI=1S/C12H16N2O2/c1-7-5-9(7)6-13-11-10(12(15)16)4-3-8(2)14-11/h3-4,7,9H,5-6H2,1-2H3,(H,13,14)(H,15,16). The zero-order chi connectivity index (χ0) is 11.7. The van der Waals surface area contributed by atoms with Gasteiger partial charge in [-0.05, 0) is 37.3 Å². The lowest BCUT2D eigenvalue weighted by molar-refractivity contribution is 0.0697. The number of nitrogens with zero attached hydrogens (tertiary/aromatic N) is 1. The Morgan fingerprint density at radius 1 is 1.62 bits per heavy atom. The second kappa shape index (κ2) is 4.12. The Kier molecular flexibility index (Phi) is 2.81. The van der Waals surface area contributed by atoms with Crippen LogP contribution < -0.4 is 5.32 Å². The summed E-state index contributed by atoms with van der Waals surface area (Å²) in [7, 11) is 0. The number of nitrogens with one attached hydrogen (secondary N) is 1. The molecule has 2 N–H and O–H groups in total. The molecule has 4 nitrogen and oxygen atoms in total. The highest BCUT2D eigenvalue weighted by Crippen LogP contribution is 2.37. The smallest absolute Gasteiger partial charge is 0.339 e. The van der Waals surface area contributed by atoms with E-state index in [9.17, 15) is 4.79 Å². The van der Waals surface area contributed by atoms with Gasteiger partial charge in [0.05, 0.1) is 0 Å². The van der Waals surface area contributed by atoms with Gasteiger partial charge in [0.25, 0.3) is 0 Å². The molecule has 0 aromatic carbocycles. The minimum atomic E-state index is -0.932. The van der Waals surface area contributed by atoms with Crippen LogP contribution in [-0.2, 0) is 0 Å². The van der Waals surface area contributed by atoms with Crippen molar-refractivity contribution in [2.75, 3.05) is 11.9 Å². The molecular formula is C12H16N2O2. The molecule has 0 aliphatic heterocycles. The Hall–Kier alpha value is -1.58. The monoisotopic (exact) mass is 220 g/mol.